The van der Waals surface area contributed by atoms with Gasteiger partial charge in [0.05, 0.1) is 6.54 Å². The Balaban J connectivity index is 1.29. The lowest BCUT2D eigenvalue weighted by molar-refractivity contribution is -0.129. The molecule has 0 N–H and O–H groups in total. The minimum Gasteiger partial charge on any atom is -0.367 e. The zero-order valence-electron chi connectivity index (χ0n) is 19.4. The van der Waals surface area contributed by atoms with Crippen LogP contribution in [-0.4, -0.2) is 19.4 Å². The topological polar surface area (TPSA) is 20.3 Å². The van der Waals surface area contributed by atoms with Crippen LogP contribution in [0.25, 0.3) is 0 Å². The van der Waals surface area contributed by atoms with E-state index in [4.69, 9.17) is 0 Å². The number of nitrogens with zero attached hydrogens (tertiary/aromatic N) is 1. The largest absolute Gasteiger partial charge is 0.367 e. The molecular formula is C28H41NO. The first kappa shape index (κ1) is 20.6. The van der Waals surface area contributed by atoms with Crippen LogP contribution >= 0.6 is 0 Å². The first-order valence-corrected chi connectivity index (χ1v) is 12.8. The molecule has 4 aliphatic rings. The van der Waals surface area contributed by atoms with Gasteiger partial charge in [-0.2, -0.15) is 0 Å². The van der Waals surface area contributed by atoms with Crippen LogP contribution in [0.4, 0.5) is 5.69 Å². The molecule has 4 aliphatic carbocycles. The molecule has 0 aromatic heterocycles. The van der Waals surface area contributed by atoms with Gasteiger partial charge in [-0.15, -0.1) is 0 Å². The van der Waals surface area contributed by atoms with Crippen molar-refractivity contribution in [2.45, 2.75) is 71.6 Å². The second kappa shape index (κ2) is 7.99. The Morgan fingerprint density at radius 2 is 1.73 bits per heavy atom. The van der Waals surface area contributed by atoms with E-state index in [-0.39, 0.29) is 11.3 Å². The van der Waals surface area contributed by atoms with E-state index in [1.165, 1.54) is 51.4 Å². The van der Waals surface area contributed by atoms with E-state index >= 15 is 0 Å². The number of hydrogen-bond donors (Lipinski definition) is 0. The Morgan fingerprint density at radius 3 is 2.53 bits per heavy atom. The van der Waals surface area contributed by atoms with Gasteiger partial charge in [-0.3, -0.25) is 4.79 Å². The van der Waals surface area contributed by atoms with Crippen LogP contribution in [0.5, 0.6) is 0 Å². The maximum Gasteiger partial charge on any atom is 0.155 e. The standard InChI is InChI=1S/C28H41NO/c1-19-9-11-22-20(17-19)10-12-24-23(22)15-16-28(2)25(24)13-14-26(28)27(30)18-29(3)21-7-5-4-6-8-21/h4-8,19-20,22-26H,9-18H2,1-3H3/t19?,20?,22?,23?,24?,25?,26-,28?/m1/s1. The van der Waals surface area contributed by atoms with Crippen LogP contribution in [0.3, 0.4) is 0 Å². The minimum atomic E-state index is 0.255. The first-order valence-electron chi connectivity index (χ1n) is 12.8. The highest BCUT2D eigenvalue weighted by atomic mass is 16.1. The number of carbonyl (C=O) groups excluding carboxylic acids is 1. The molecule has 4 fully saturated rings. The van der Waals surface area contributed by atoms with Gasteiger partial charge >= 0.3 is 0 Å². The Morgan fingerprint density at radius 1 is 0.967 bits per heavy atom. The fraction of sp³-hybridized carbons (Fsp3) is 0.750. The predicted molar refractivity (Wildman–Crippen MR) is 124 cm³/mol. The molecule has 7 unspecified atom stereocenters. The molecule has 0 amide bonds. The summed E-state index contributed by atoms with van der Waals surface area (Å²) in [7, 11) is 2.07. The summed E-state index contributed by atoms with van der Waals surface area (Å²) in [5.41, 5.74) is 1.41. The van der Waals surface area contributed by atoms with Gasteiger partial charge in [0.25, 0.3) is 0 Å². The average molecular weight is 408 g/mol. The maximum absolute atomic E-state index is 13.5. The van der Waals surface area contributed by atoms with Gasteiger partial charge in [0.2, 0.25) is 0 Å². The molecule has 1 aromatic carbocycles. The highest BCUT2D eigenvalue weighted by Crippen LogP contribution is 2.64. The number of rotatable bonds is 4. The van der Waals surface area contributed by atoms with E-state index in [0.717, 1.165) is 47.6 Å². The monoisotopic (exact) mass is 407 g/mol. The molecule has 0 saturated heterocycles. The van der Waals surface area contributed by atoms with Crippen molar-refractivity contribution in [1.29, 1.82) is 0 Å². The van der Waals surface area contributed by atoms with Crippen molar-refractivity contribution in [2.75, 3.05) is 18.5 Å². The summed E-state index contributed by atoms with van der Waals surface area (Å²) in [6.07, 6.45) is 12.5. The summed E-state index contributed by atoms with van der Waals surface area (Å²) in [6.45, 7) is 5.54. The number of Topliss-reactive ketones (excluding diaryl/α,β-unsaturated/α-hetero) is 1. The number of benzene rings is 1. The van der Waals surface area contributed by atoms with E-state index in [1.54, 1.807) is 0 Å². The first-order chi connectivity index (χ1) is 14.5. The number of ketones is 1. The molecule has 0 bridgehead atoms. The number of fused-ring (bicyclic) bond motifs is 5. The van der Waals surface area contributed by atoms with Crippen LogP contribution in [0.2, 0.25) is 0 Å². The zero-order chi connectivity index (χ0) is 20.9. The lowest BCUT2D eigenvalue weighted by atomic mass is 9.49. The van der Waals surface area contributed by atoms with Gasteiger partial charge in [0.15, 0.2) is 5.78 Å². The molecule has 164 valence electrons. The van der Waals surface area contributed by atoms with E-state index < -0.39 is 0 Å². The van der Waals surface area contributed by atoms with Crippen LogP contribution in [-0.2, 0) is 4.79 Å². The fourth-order valence-corrected chi connectivity index (χ4v) is 8.73. The number of hydrogen-bond acceptors (Lipinski definition) is 2. The third-order valence-corrected chi connectivity index (χ3v) is 10.2. The molecule has 30 heavy (non-hydrogen) atoms. The Kier molecular flexibility index (Phi) is 5.48. The smallest absolute Gasteiger partial charge is 0.155 e. The molecule has 8 atom stereocenters. The van der Waals surface area contributed by atoms with Crippen LogP contribution in [0.15, 0.2) is 30.3 Å². The lowest BCUT2D eigenvalue weighted by Gasteiger charge is -2.56. The molecule has 1 aromatic rings. The SMILES string of the molecule is CC1CCC2C(CCC3C2CCC2(C)C3CC[C@@H]2C(=O)CN(C)c2ccccc2)C1. The van der Waals surface area contributed by atoms with Crippen molar-refractivity contribution in [3.63, 3.8) is 0 Å². The molecule has 0 radical (unpaired) electrons. The maximum atomic E-state index is 13.5. The number of anilines is 1. The van der Waals surface area contributed by atoms with Crippen molar-refractivity contribution in [3.05, 3.63) is 30.3 Å². The van der Waals surface area contributed by atoms with Gasteiger partial charge in [0.1, 0.15) is 0 Å². The summed E-state index contributed by atoms with van der Waals surface area (Å²) in [4.78, 5) is 15.6. The molecule has 0 spiro atoms. The second-order valence-electron chi connectivity index (χ2n) is 11.7. The number of likely N-dealkylation sites (N-methyl/N-ethyl adjacent to an activating group) is 1. The van der Waals surface area contributed by atoms with Gasteiger partial charge < -0.3 is 4.90 Å². The minimum absolute atomic E-state index is 0.255. The Labute approximate surface area is 183 Å². The number of carbonyl (C=O) groups is 1. The van der Waals surface area contributed by atoms with Crippen molar-refractivity contribution in [1.82, 2.24) is 0 Å². The molecule has 0 aliphatic heterocycles. The van der Waals surface area contributed by atoms with Crippen LogP contribution in [0.1, 0.15) is 71.6 Å². The molecule has 2 heteroatoms. The van der Waals surface area contributed by atoms with Gasteiger partial charge in [-0.05, 0) is 104 Å². The van der Waals surface area contributed by atoms with E-state index in [1.807, 2.05) is 6.07 Å². The summed E-state index contributed by atoms with van der Waals surface area (Å²) in [5, 5.41) is 0. The van der Waals surface area contributed by atoms with Crippen LogP contribution < -0.4 is 4.90 Å². The van der Waals surface area contributed by atoms with Gasteiger partial charge in [-0.25, -0.2) is 0 Å². The summed E-state index contributed by atoms with van der Waals surface area (Å²) >= 11 is 0. The third-order valence-electron chi connectivity index (χ3n) is 10.2. The van der Waals surface area contributed by atoms with E-state index in [9.17, 15) is 4.79 Å². The van der Waals surface area contributed by atoms with Crippen LogP contribution in [0, 0.1) is 46.8 Å². The average Bonchev–Trinajstić information content (AvgIpc) is 3.11. The van der Waals surface area contributed by atoms with E-state index in [2.05, 4.69) is 50.1 Å². The second-order valence-corrected chi connectivity index (χ2v) is 11.7. The molecule has 5 rings (SSSR count). The van der Waals surface area contributed by atoms with Crippen molar-refractivity contribution in [3.8, 4) is 0 Å². The molecule has 0 heterocycles. The predicted octanol–water partition coefficient (Wildman–Crippen LogP) is 6.60. The Hall–Kier alpha value is -1.31. The van der Waals surface area contributed by atoms with Crippen molar-refractivity contribution >= 4 is 11.5 Å². The summed E-state index contributed by atoms with van der Waals surface area (Å²) in [6, 6.07) is 10.4. The highest BCUT2D eigenvalue weighted by molar-refractivity contribution is 5.86. The van der Waals surface area contributed by atoms with Crippen molar-refractivity contribution in [2.24, 2.45) is 46.8 Å². The van der Waals surface area contributed by atoms with Crippen molar-refractivity contribution < 1.29 is 4.79 Å². The Bertz CT molecular complexity index is 759. The summed E-state index contributed by atoms with van der Waals surface area (Å²) in [5.74, 6) is 6.40. The quantitative estimate of drug-likeness (QED) is 0.560. The fourth-order valence-electron chi connectivity index (χ4n) is 8.73. The van der Waals surface area contributed by atoms with Gasteiger partial charge in [0, 0.05) is 18.7 Å². The zero-order valence-corrected chi connectivity index (χ0v) is 19.4. The van der Waals surface area contributed by atoms with Gasteiger partial charge in [-0.1, -0.05) is 38.5 Å². The molecule has 2 nitrogen and oxygen atoms in total. The molecular weight excluding hydrogens is 366 g/mol. The highest BCUT2D eigenvalue weighted by Gasteiger charge is 2.58. The third kappa shape index (κ3) is 3.43. The summed E-state index contributed by atoms with van der Waals surface area (Å²) < 4.78 is 0. The lowest BCUT2D eigenvalue weighted by Crippen LogP contribution is -2.50. The van der Waals surface area contributed by atoms with E-state index in [0.29, 0.717) is 12.3 Å². The molecule has 4 saturated carbocycles. The normalized spacial score (nSPS) is 42.7. The number of para-hydroxylation sites is 1.